The van der Waals surface area contributed by atoms with E-state index in [4.69, 9.17) is 14.0 Å². The predicted molar refractivity (Wildman–Crippen MR) is 48.7 cm³/mol. The summed E-state index contributed by atoms with van der Waals surface area (Å²) < 4.78 is 15.5. The molecule has 1 N–H and O–H groups in total. The summed E-state index contributed by atoms with van der Waals surface area (Å²) in [6.45, 7) is 2.84. The van der Waals surface area contributed by atoms with Gasteiger partial charge >= 0.3 is 0 Å². The van der Waals surface area contributed by atoms with Gasteiger partial charge in [-0.3, -0.25) is 0 Å². The summed E-state index contributed by atoms with van der Waals surface area (Å²) in [6.07, 6.45) is 0.331. The van der Waals surface area contributed by atoms with Crippen LogP contribution in [0.25, 0.3) is 0 Å². The first kappa shape index (κ1) is 9.64. The zero-order chi connectivity index (χ0) is 9.80. The highest BCUT2D eigenvalue weighted by Crippen LogP contribution is 2.08. The monoisotopic (exact) mass is 198 g/mol. The first-order valence-electron chi connectivity index (χ1n) is 4.64. The number of nitrogens with one attached hydrogen (secondary N) is 1. The molecule has 0 spiro atoms. The van der Waals surface area contributed by atoms with Gasteiger partial charge in [0, 0.05) is 26.3 Å². The lowest BCUT2D eigenvalue weighted by molar-refractivity contribution is 0.00502. The van der Waals surface area contributed by atoms with E-state index in [1.54, 1.807) is 7.11 Å². The molecule has 2 heterocycles. The van der Waals surface area contributed by atoms with Crippen molar-refractivity contribution in [2.24, 2.45) is 0 Å². The molecule has 14 heavy (non-hydrogen) atoms. The van der Waals surface area contributed by atoms with E-state index < -0.39 is 0 Å². The number of ether oxygens (including phenoxy) is 2. The summed E-state index contributed by atoms with van der Waals surface area (Å²) in [7, 11) is 1.62. The maximum Gasteiger partial charge on any atom is 0.162 e. The van der Waals surface area contributed by atoms with Crippen LogP contribution in [0, 0.1) is 0 Å². The zero-order valence-corrected chi connectivity index (χ0v) is 8.16. The van der Waals surface area contributed by atoms with Gasteiger partial charge in [0.25, 0.3) is 0 Å². The molecule has 1 aliphatic rings. The molecule has 0 radical (unpaired) electrons. The van der Waals surface area contributed by atoms with Gasteiger partial charge in [-0.05, 0) is 0 Å². The van der Waals surface area contributed by atoms with E-state index >= 15 is 0 Å². The second kappa shape index (κ2) is 4.54. The van der Waals surface area contributed by atoms with Crippen LogP contribution in [0.15, 0.2) is 10.6 Å². The van der Waals surface area contributed by atoms with Crippen molar-refractivity contribution in [3.8, 4) is 0 Å². The Bertz CT molecular complexity index is 283. The maximum absolute atomic E-state index is 5.53. The lowest BCUT2D eigenvalue weighted by Crippen LogP contribution is -2.48. The number of rotatable bonds is 5. The van der Waals surface area contributed by atoms with Gasteiger partial charge < -0.3 is 19.3 Å². The Kier molecular flexibility index (Phi) is 3.13. The largest absolute Gasteiger partial charge is 0.377 e. The second-order valence-corrected chi connectivity index (χ2v) is 3.31. The van der Waals surface area contributed by atoms with Gasteiger partial charge in [-0.25, -0.2) is 0 Å². The van der Waals surface area contributed by atoms with Crippen LogP contribution in [0.3, 0.4) is 0 Å². The molecule has 1 fully saturated rings. The first-order chi connectivity index (χ1) is 6.88. The molecule has 0 atom stereocenters. The van der Waals surface area contributed by atoms with Crippen LogP contribution < -0.4 is 5.32 Å². The third-order valence-electron chi connectivity index (χ3n) is 2.11. The van der Waals surface area contributed by atoms with Crippen molar-refractivity contribution in [2.75, 3.05) is 20.2 Å². The van der Waals surface area contributed by atoms with Crippen molar-refractivity contribution in [1.82, 2.24) is 10.5 Å². The Morgan fingerprint density at radius 2 is 2.43 bits per heavy atom. The highest BCUT2D eigenvalue weighted by atomic mass is 16.5. The molecule has 78 valence electrons. The van der Waals surface area contributed by atoms with E-state index in [-0.39, 0.29) is 0 Å². The highest BCUT2D eigenvalue weighted by molar-refractivity contribution is 5.03. The first-order valence-corrected chi connectivity index (χ1v) is 4.64. The number of aromatic nitrogens is 1. The third-order valence-corrected chi connectivity index (χ3v) is 2.11. The van der Waals surface area contributed by atoms with E-state index in [9.17, 15) is 0 Å². The van der Waals surface area contributed by atoms with Crippen LogP contribution in [-0.2, 0) is 22.7 Å². The van der Waals surface area contributed by atoms with Crippen LogP contribution in [0.2, 0.25) is 0 Å². The van der Waals surface area contributed by atoms with Crippen LogP contribution in [0.4, 0.5) is 0 Å². The van der Waals surface area contributed by atoms with Gasteiger partial charge in [-0.2, -0.15) is 0 Å². The number of hydrogen-bond donors (Lipinski definition) is 1. The van der Waals surface area contributed by atoms with Crippen molar-refractivity contribution in [3.05, 3.63) is 17.5 Å². The highest BCUT2D eigenvalue weighted by Gasteiger charge is 2.17. The molecular weight excluding hydrogens is 184 g/mol. The molecule has 1 aromatic rings. The Morgan fingerprint density at radius 1 is 1.57 bits per heavy atom. The fourth-order valence-corrected chi connectivity index (χ4v) is 1.22. The Hall–Kier alpha value is -0.910. The minimum absolute atomic E-state index is 0.331. The normalized spacial score (nSPS) is 16.9. The van der Waals surface area contributed by atoms with E-state index in [0.717, 1.165) is 24.5 Å². The average molecular weight is 198 g/mol. The molecule has 0 bridgehead atoms. The molecule has 5 heteroatoms. The summed E-state index contributed by atoms with van der Waals surface area (Å²) >= 11 is 0. The van der Waals surface area contributed by atoms with Gasteiger partial charge in [0.15, 0.2) is 5.76 Å². The lowest BCUT2D eigenvalue weighted by atomic mass is 10.2. The zero-order valence-electron chi connectivity index (χ0n) is 8.16. The summed E-state index contributed by atoms with van der Waals surface area (Å²) in [4.78, 5) is 0. The van der Waals surface area contributed by atoms with Crippen molar-refractivity contribution < 1.29 is 14.0 Å². The summed E-state index contributed by atoms with van der Waals surface area (Å²) in [5.41, 5.74) is 0.823. The fraction of sp³-hybridized carbons (Fsp3) is 0.667. The molecule has 2 rings (SSSR count). The van der Waals surface area contributed by atoms with Gasteiger partial charge in [0.1, 0.15) is 12.3 Å². The molecule has 5 nitrogen and oxygen atoms in total. The van der Waals surface area contributed by atoms with Gasteiger partial charge in [0.2, 0.25) is 0 Å². The fourth-order valence-electron chi connectivity index (χ4n) is 1.22. The van der Waals surface area contributed by atoms with Gasteiger partial charge in [-0.15, -0.1) is 0 Å². The molecule has 1 aromatic heterocycles. The van der Waals surface area contributed by atoms with E-state index in [1.807, 2.05) is 6.07 Å². The van der Waals surface area contributed by atoms with Crippen LogP contribution in [-0.4, -0.2) is 31.5 Å². The second-order valence-electron chi connectivity index (χ2n) is 3.31. The molecule has 0 amide bonds. The Labute approximate surface area is 82.4 Å². The van der Waals surface area contributed by atoms with Gasteiger partial charge in [0.05, 0.1) is 12.7 Å². The van der Waals surface area contributed by atoms with Crippen molar-refractivity contribution >= 4 is 0 Å². The summed E-state index contributed by atoms with van der Waals surface area (Å²) in [6, 6.07) is 1.86. The van der Waals surface area contributed by atoms with E-state index in [0.29, 0.717) is 19.3 Å². The van der Waals surface area contributed by atoms with Crippen molar-refractivity contribution in [3.63, 3.8) is 0 Å². The molecule has 1 saturated heterocycles. The topological polar surface area (TPSA) is 56.5 Å². The third kappa shape index (κ3) is 2.31. The molecule has 0 saturated carbocycles. The number of methoxy groups -OCH3 is 1. The smallest absolute Gasteiger partial charge is 0.162 e. The predicted octanol–water partition coefficient (Wildman–Crippen LogP) is 0.309. The van der Waals surface area contributed by atoms with Gasteiger partial charge in [-0.1, -0.05) is 5.16 Å². The number of hydrogen-bond acceptors (Lipinski definition) is 5. The standard InChI is InChI=1S/C9H14N2O3/c1-12-6-8-2-7(11-14-8)5-13-9-3-10-4-9/h2,9-10H,3-6H2,1H3. The molecule has 0 aliphatic carbocycles. The molecule has 0 aromatic carbocycles. The SMILES string of the molecule is COCc1cc(COC2CNC2)no1. The van der Waals surface area contributed by atoms with Crippen LogP contribution in [0.5, 0.6) is 0 Å². The minimum Gasteiger partial charge on any atom is -0.377 e. The van der Waals surface area contributed by atoms with Crippen LogP contribution >= 0.6 is 0 Å². The van der Waals surface area contributed by atoms with Crippen LogP contribution in [0.1, 0.15) is 11.5 Å². The lowest BCUT2D eigenvalue weighted by Gasteiger charge is -2.26. The summed E-state index contributed by atoms with van der Waals surface area (Å²) in [5, 5.41) is 7.00. The molecule has 1 aliphatic heterocycles. The van der Waals surface area contributed by atoms with E-state index in [2.05, 4.69) is 10.5 Å². The minimum atomic E-state index is 0.331. The maximum atomic E-state index is 5.53. The quantitative estimate of drug-likeness (QED) is 0.738. The summed E-state index contributed by atoms with van der Waals surface area (Å²) in [5.74, 6) is 0.734. The molecule has 0 unspecified atom stereocenters. The average Bonchev–Trinajstić information content (AvgIpc) is 2.51. The Morgan fingerprint density at radius 3 is 3.07 bits per heavy atom. The van der Waals surface area contributed by atoms with Crippen molar-refractivity contribution in [2.45, 2.75) is 19.3 Å². The molecular formula is C9H14N2O3. The number of nitrogens with zero attached hydrogens (tertiary/aromatic N) is 1. The van der Waals surface area contributed by atoms with Crippen molar-refractivity contribution in [1.29, 1.82) is 0 Å². The Balaban J connectivity index is 1.77. The van der Waals surface area contributed by atoms with E-state index in [1.165, 1.54) is 0 Å².